The first-order valence-electron chi connectivity index (χ1n) is 10.4. The van der Waals surface area contributed by atoms with Crippen LogP contribution in [-0.2, 0) is 16.0 Å². The maximum absolute atomic E-state index is 12.6. The van der Waals surface area contributed by atoms with E-state index >= 15 is 0 Å². The van der Waals surface area contributed by atoms with Gasteiger partial charge < -0.3 is 10.2 Å². The molecule has 148 valence electrons. The molecule has 1 atom stereocenters. The van der Waals surface area contributed by atoms with Gasteiger partial charge in [-0.3, -0.25) is 9.59 Å². The second-order valence-corrected chi connectivity index (χ2v) is 8.15. The zero-order valence-corrected chi connectivity index (χ0v) is 16.7. The topological polar surface area (TPSA) is 75.2 Å². The number of rotatable bonds is 6. The summed E-state index contributed by atoms with van der Waals surface area (Å²) >= 11 is 0. The summed E-state index contributed by atoms with van der Waals surface area (Å²) in [6.45, 7) is 5.85. The summed E-state index contributed by atoms with van der Waals surface area (Å²) in [5.74, 6) is 1.57. The van der Waals surface area contributed by atoms with E-state index in [9.17, 15) is 9.59 Å². The Bertz CT molecular complexity index is 650. The van der Waals surface area contributed by atoms with Crippen molar-refractivity contribution in [2.45, 2.75) is 65.2 Å². The molecule has 6 heteroatoms. The van der Waals surface area contributed by atoms with Crippen LogP contribution in [-0.4, -0.2) is 46.3 Å². The normalized spacial score (nSPS) is 21.3. The van der Waals surface area contributed by atoms with E-state index in [-0.39, 0.29) is 17.7 Å². The Morgan fingerprint density at radius 1 is 1.15 bits per heavy atom. The number of piperidine rings is 1. The number of hydrogen-bond acceptors (Lipinski definition) is 4. The minimum absolute atomic E-state index is 0.0560. The van der Waals surface area contributed by atoms with Gasteiger partial charge in [0.2, 0.25) is 11.8 Å². The number of carbonyl (C=O) groups excluding carboxylic acids is 2. The van der Waals surface area contributed by atoms with Gasteiger partial charge in [-0.15, -0.1) is 0 Å². The van der Waals surface area contributed by atoms with Gasteiger partial charge in [0.1, 0.15) is 5.82 Å². The summed E-state index contributed by atoms with van der Waals surface area (Å²) in [5, 5.41) is 3.02. The summed E-state index contributed by atoms with van der Waals surface area (Å²) in [5.41, 5.74) is 1.90. The Kier molecular flexibility index (Phi) is 6.80. The van der Waals surface area contributed by atoms with Crippen LogP contribution in [0.4, 0.5) is 0 Å². The molecule has 0 aromatic carbocycles. The number of aromatic nitrogens is 2. The van der Waals surface area contributed by atoms with Gasteiger partial charge in [0.05, 0.1) is 5.92 Å². The SMILES string of the molecule is Cc1cc(C)nc(CCNC(=O)C2CCC(=O)N(CC3CCCCC3)C2)n1. The first kappa shape index (κ1) is 19.8. The van der Waals surface area contributed by atoms with Gasteiger partial charge in [0, 0.05) is 43.9 Å². The van der Waals surface area contributed by atoms with E-state index in [4.69, 9.17) is 0 Å². The molecule has 1 saturated heterocycles. The van der Waals surface area contributed by atoms with Crippen LogP contribution in [0.25, 0.3) is 0 Å². The van der Waals surface area contributed by atoms with Gasteiger partial charge in [-0.1, -0.05) is 19.3 Å². The highest BCUT2D eigenvalue weighted by Crippen LogP contribution is 2.27. The van der Waals surface area contributed by atoms with Gasteiger partial charge in [-0.05, 0) is 45.1 Å². The Hall–Kier alpha value is -1.98. The molecule has 3 rings (SSSR count). The Morgan fingerprint density at radius 3 is 2.56 bits per heavy atom. The van der Waals surface area contributed by atoms with Crippen molar-refractivity contribution in [2.75, 3.05) is 19.6 Å². The highest BCUT2D eigenvalue weighted by atomic mass is 16.2. The zero-order valence-electron chi connectivity index (χ0n) is 16.7. The van der Waals surface area contributed by atoms with Crippen molar-refractivity contribution in [1.29, 1.82) is 0 Å². The molecule has 6 nitrogen and oxygen atoms in total. The lowest BCUT2D eigenvalue weighted by Crippen LogP contribution is -2.47. The predicted octanol–water partition coefficient (Wildman–Crippen LogP) is 2.57. The van der Waals surface area contributed by atoms with Crippen LogP contribution in [0.1, 0.15) is 62.2 Å². The number of amides is 2. The average Bonchev–Trinajstić information content (AvgIpc) is 2.63. The molecule has 2 fully saturated rings. The lowest BCUT2D eigenvalue weighted by Gasteiger charge is -2.35. The first-order chi connectivity index (χ1) is 13.0. The van der Waals surface area contributed by atoms with Crippen LogP contribution in [0.5, 0.6) is 0 Å². The van der Waals surface area contributed by atoms with Crippen molar-refractivity contribution in [3.05, 3.63) is 23.3 Å². The fraction of sp³-hybridized carbons (Fsp3) is 0.714. The van der Waals surface area contributed by atoms with Gasteiger partial charge >= 0.3 is 0 Å². The maximum atomic E-state index is 12.6. The van der Waals surface area contributed by atoms with Gasteiger partial charge in [-0.2, -0.15) is 0 Å². The second-order valence-electron chi connectivity index (χ2n) is 8.15. The Labute approximate surface area is 162 Å². The largest absolute Gasteiger partial charge is 0.355 e. The molecule has 1 aliphatic heterocycles. The lowest BCUT2D eigenvalue weighted by molar-refractivity contribution is -0.139. The number of nitrogens with zero attached hydrogens (tertiary/aromatic N) is 3. The van der Waals surface area contributed by atoms with Crippen LogP contribution in [0.2, 0.25) is 0 Å². The van der Waals surface area contributed by atoms with E-state index in [2.05, 4.69) is 15.3 Å². The van der Waals surface area contributed by atoms with Crippen molar-refractivity contribution in [3.63, 3.8) is 0 Å². The average molecular weight is 373 g/mol. The minimum Gasteiger partial charge on any atom is -0.355 e. The van der Waals surface area contributed by atoms with Crippen LogP contribution < -0.4 is 5.32 Å². The van der Waals surface area contributed by atoms with Crippen LogP contribution in [0.15, 0.2) is 6.07 Å². The molecule has 1 saturated carbocycles. The summed E-state index contributed by atoms with van der Waals surface area (Å²) < 4.78 is 0. The van der Waals surface area contributed by atoms with E-state index in [1.807, 2.05) is 24.8 Å². The Balaban J connectivity index is 1.46. The monoisotopic (exact) mass is 372 g/mol. The molecule has 1 aliphatic carbocycles. The first-order valence-corrected chi connectivity index (χ1v) is 10.4. The molecule has 1 aromatic rings. The van der Waals surface area contributed by atoms with Crippen molar-refractivity contribution in [2.24, 2.45) is 11.8 Å². The van der Waals surface area contributed by atoms with E-state index in [1.54, 1.807) is 0 Å². The summed E-state index contributed by atoms with van der Waals surface area (Å²) in [7, 11) is 0. The number of nitrogens with one attached hydrogen (secondary N) is 1. The third kappa shape index (κ3) is 5.75. The summed E-state index contributed by atoms with van der Waals surface area (Å²) in [6, 6.07) is 1.95. The smallest absolute Gasteiger partial charge is 0.224 e. The molecular formula is C21H32N4O2. The van der Waals surface area contributed by atoms with E-state index in [0.29, 0.717) is 38.3 Å². The van der Waals surface area contributed by atoms with Gasteiger partial charge in [0.25, 0.3) is 0 Å². The molecule has 1 N–H and O–H groups in total. The summed E-state index contributed by atoms with van der Waals surface area (Å²) in [4.78, 5) is 35.6. The molecule has 1 unspecified atom stereocenters. The van der Waals surface area contributed by atoms with Crippen LogP contribution >= 0.6 is 0 Å². The van der Waals surface area contributed by atoms with Gasteiger partial charge in [0.15, 0.2) is 0 Å². The van der Waals surface area contributed by atoms with Crippen LogP contribution in [0.3, 0.4) is 0 Å². The molecule has 2 heterocycles. The molecule has 27 heavy (non-hydrogen) atoms. The maximum Gasteiger partial charge on any atom is 0.224 e. The van der Waals surface area contributed by atoms with Gasteiger partial charge in [-0.25, -0.2) is 9.97 Å². The van der Waals surface area contributed by atoms with Crippen molar-refractivity contribution >= 4 is 11.8 Å². The highest BCUT2D eigenvalue weighted by Gasteiger charge is 2.31. The fourth-order valence-corrected chi connectivity index (χ4v) is 4.34. The van der Waals surface area contributed by atoms with Crippen molar-refractivity contribution < 1.29 is 9.59 Å². The molecule has 1 aromatic heterocycles. The molecular weight excluding hydrogens is 340 g/mol. The standard InChI is InChI=1S/C21H32N4O2/c1-15-12-16(2)24-19(23-15)10-11-22-21(27)18-8-9-20(26)25(14-18)13-17-6-4-3-5-7-17/h12,17-18H,3-11,13-14H2,1-2H3,(H,22,27). The van der Waals surface area contributed by atoms with E-state index < -0.39 is 0 Å². The second kappa shape index (κ2) is 9.29. The minimum atomic E-state index is -0.0912. The number of hydrogen-bond donors (Lipinski definition) is 1. The highest BCUT2D eigenvalue weighted by molar-refractivity contribution is 5.83. The summed E-state index contributed by atoms with van der Waals surface area (Å²) in [6.07, 6.45) is 8.09. The lowest BCUT2D eigenvalue weighted by atomic mass is 9.87. The molecule has 0 bridgehead atoms. The number of aryl methyl sites for hydroxylation is 2. The Morgan fingerprint density at radius 2 is 1.85 bits per heavy atom. The fourth-order valence-electron chi connectivity index (χ4n) is 4.34. The zero-order chi connectivity index (χ0) is 19.2. The molecule has 2 amide bonds. The quantitative estimate of drug-likeness (QED) is 0.833. The van der Waals surface area contributed by atoms with Crippen molar-refractivity contribution in [1.82, 2.24) is 20.2 Å². The van der Waals surface area contributed by atoms with E-state index in [1.165, 1.54) is 32.1 Å². The van der Waals surface area contributed by atoms with Crippen molar-refractivity contribution in [3.8, 4) is 0 Å². The number of likely N-dealkylation sites (tertiary alicyclic amines) is 1. The van der Waals surface area contributed by atoms with Crippen LogP contribution in [0, 0.1) is 25.7 Å². The predicted molar refractivity (Wildman–Crippen MR) is 104 cm³/mol. The molecule has 0 spiro atoms. The molecule has 2 aliphatic rings. The third-order valence-corrected chi connectivity index (χ3v) is 5.75. The number of carbonyl (C=O) groups is 2. The van der Waals surface area contributed by atoms with E-state index in [0.717, 1.165) is 23.8 Å². The molecule has 0 radical (unpaired) electrons. The third-order valence-electron chi connectivity index (χ3n) is 5.75.